The van der Waals surface area contributed by atoms with E-state index in [-0.39, 0.29) is 6.04 Å². The molecule has 10 heteroatoms. The van der Waals surface area contributed by atoms with Crippen molar-refractivity contribution in [3.63, 3.8) is 0 Å². The number of nitrogens with zero attached hydrogens (tertiary/aromatic N) is 6. The van der Waals surface area contributed by atoms with Crippen LogP contribution in [0, 0.1) is 5.92 Å². The lowest BCUT2D eigenvalue weighted by Gasteiger charge is -2.38. The van der Waals surface area contributed by atoms with E-state index in [0.29, 0.717) is 40.8 Å². The minimum atomic E-state index is -0.685. The van der Waals surface area contributed by atoms with Crippen molar-refractivity contribution in [2.24, 2.45) is 5.92 Å². The average Bonchev–Trinajstić information content (AvgIpc) is 3.37. The maximum Gasteiger partial charge on any atom is 0.313 e. The molecule has 0 aliphatic carbocycles. The number of carbonyl (C=O) groups is 2. The summed E-state index contributed by atoms with van der Waals surface area (Å²) in [6.45, 7) is 4.79. The fraction of sp³-hybridized carbons (Fsp3) is 0.414. The van der Waals surface area contributed by atoms with Crippen molar-refractivity contribution in [2.45, 2.75) is 44.7 Å². The molecule has 3 N–H and O–H groups in total. The Labute approximate surface area is 227 Å². The highest BCUT2D eigenvalue weighted by Crippen LogP contribution is 2.35. The predicted octanol–water partition coefficient (Wildman–Crippen LogP) is 3.77. The smallest absolute Gasteiger partial charge is 0.313 e. The van der Waals surface area contributed by atoms with Crippen molar-refractivity contribution in [3.8, 4) is 0 Å². The van der Waals surface area contributed by atoms with E-state index in [4.69, 9.17) is 10.8 Å². The van der Waals surface area contributed by atoms with Crippen LogP contribution in [0.2, 0.25) is 0 Å². The number of benzene rings is 1. The largest absolute Gasteiger partial charge is 0.383 e. The second kappa shape index (κ2) is 10.3. The predicted molar refractivity (Wildman–Crippen MR) is 151 cm³/mol. The molecule has 39 heavy (non-hydrogen) atoms. The lowest BCUT2D eigenvalue weighted by Crippen LogP contribution is -2.46. The van der Waals surface area contributed by atoms with E-state index in [0.717, 1.165) is 55.2 Å². The van der Waals surface area contributed by atoms with Crippen LogP contribution < -0.4 is 11.1 Å². The molecule has 0 unspecified atom stereocenters. The SMILES string of the molecule is C[C@H]1CC[C@H](c2ccc3nn(C4CCN(C)CC4)cc3c2)N(C(=O)C(=O)Nc2cncc3c(N)nccc23)C1. The van der Waals surface area contributed by atoms with Crippen LogP contribution in [0.4, 0.5) is 11.5 Å². The van der Waals surface area contributed by atoms with Gasteiger partial charge in [-0.2, -0.15) is 5.10 Å². The lowest BCUT2D eigenvalue weighted by molar-refractivity contribution is -0.146. The van der Waals surface area contributed by atoms with E-state index in [1.807, 2.05) is 6.07 Å². The van der Waals surface area contributed by atoms with Gasteiger partial charge >= 0.3 is 11.8 Å². The summed E-state index contributed by atoms with van der Waals surface area (Å²) in [5.41, 5.74) is 8.39. The average molecular weight is 527 g/mol. The molecule has 0 radical (unpaired) electrons. The van der Waals surface area contributed by atoms with Gasteiger partial charge in [-0.3, -0.25) is 19.3 Å². The Morgan fingerprint density at radius 3 is 2.69 bits per heavy atom. The first kappa shape index (κ1) is 25.2. The first-order valence-electron chi connectivity index (χ1n) is 13.6. The number of nitrogens with one attached hydrogen (secondary N) is 1. The number of carbonyl (C=O) groups excluding carboxylic acids is 2. The number of fused-ring (bicyclic) bond motifs is 2. The van der Waals surface area contributed by atoms with E-state index in [1.54, 1.807) is 23.4 Å². The van der Waals surface area contributed by atoms with Crippen LogP contribution in [0.15, 0.2) is 49.1 Å². The molecule has 10 nitrogen and oxygen atoms in total. The van der Waals surface area contributed by atoms with Crippen molar-refractivity contribution >= 4 is 45.0 Å². The number of nitrogens with two attached hydrogens (primary N) is 1. The molecule has 2 amide bonds. The Morgan fingerprint density at radius 2 is 1.87 bits per heavy atom. The fourth-order valence-electron chi connectivity index (χ4n) is 5.96. The Morgan fingerprint density at radius 1 is 1.05 bits per heavy atom. The molecule has 0 bridgehead atoms. The van der Waals surface area contributed by atoms with Crippen LogP contribution in [0.1, 0.15) is 50.3 Å². The van der Waals surface area contributed by atoms with Crippen molar-refractivity contribution in [1.29, 1.82) is 0 Å². The molecule has 2 saturated heterocycles. The lowest BCUT2D eigenvalue weighted by atomic mass is 9.89. The van der Waals surface area contributed by atoms with Crippen LogP contribution in [-0.4, -0.2) is 68.0 Å². The summed E-state index contributed by atoms with van der Waals surface area (Å²) in [4.78, 5) is 39.1. The molecule has 3 aromatic heterocycles. The second-order valence-corrected chi connectivity index (χ2v) is 11.1. The third-order valence-electron chi connectivity index (χ3n) is 8.23. The number of likely N-dealkylation sites (tertiary alicyclic amines) is 2. The van der Waals surface area contributed by atoms with Crippen molar-refractivity contribution in [2.75, 3.05) is 37.7 Å². The third-order valence-corrected chi connectivity index (χ3v) is 8.23. The number of amides is 2. The van der Waals surface area contributed by atoms with Crippen molar-refractivity contribution in [3.05, 3.63) is 54.6 Å². The Bertz CT molecular complexity index is 1540. The van der Waals surface area contributed by atoms with Crippen LogP contribution in [-0.2, 0) is 9.59 Å². The van der Waals surface area contributed by atoms with Crippen molar-refractivity contribution < 1.29 is 9.59 Å². The summed E-state index contributed by atoms with van der Waals surface area (Å²) >= 11 is 0. The Kier molecular flexibility index (Phi) is 6.64. The zero-order valence-corrected chi connectivity index (χ0v) is 22.4. The molecular formula is C29H34N8O2. The Balaban J connectivity index is 1.24. The third kappa shape index (κ3) is 4.92. The minimum Gasteiger partial charge on any atom is -0.383 e. The highest BCUT2D eigenvalue weighted by molar-refractivity contribution is 6.40. The molecule has 5 heterocycles. The van der Waals surface area contributed by atoms with Gasteiger partial charge in [0.15, 0.2) is 0 Å². The van der Waals surface area contributed by atoms with Crippen LogP contribution in [0.25, 0.3) is 21.7 Å². The summed E-state index contributed by atoms with van der Waals surface area (Å²) in [7, 11) is 2.16. The quantitative estimate of drug-likeness (QED) is 0.390. The van der Waals surface area contributed by atoms with Gasteiger partial charge in [0.2, 0.25) is 0 Å². The molecule has 0 spiro atoms. The van der Waals surface area contributed by atoms with Crippen molar-refractivity contribution in [1.82, 2.24) is 29.5 Å². The number of piperidine rings is 2. The molecule has 2 aliphatic rings. The highest BCUT2D eigenvalue weighted by atomic mass is 16.2. The van der Waals surface area contributed by atoms with Gasteiger partial charge in [0, 0.05) is 41.3 Å². The Hall–Kier alpha value is -4.05. The molecular weight excluding hydrogens is 492 g/mol. The summed E-state index contributed by atoms with van der Waals surface area (Å²) < 4.78 is 2.11. The van der Waals surface area contributed by atoms with E-state index >= 15 is 0 Å². The maximum absolute atomic E-state index is 13.6. The summed E-state index contributed by atoms with van der Waals surface area (Å²) in [5, 5.41) is 10.0. The minimum absolute atomic E-state index is 0.180. The number of rotatable bonds is 3. The summed E-state index contributed by atoms with van der Waals surface area (Å²) in [5.74, 6) is -0.608. The second-order valence-electron chi connectivity index (χ2n) is 11.1. The highest BCUT2D eigenvalue weighted by Gasteiger charge is 2.34. The molecule has 2 fully saturated rings. The number of hydrogen-bond donors (Lipinski definition) is 2. The first-order valence-corrected chi connectivity index (χ1v) is 13.6. The molecule has 202 valence electrons. The van der Waals surface area contributed by atoms with Gasteiger partial charge in [-0.1, -0.05) is 13.0 Å². The molecule has 1 aromatic carbocycles. The monoisotopic (exact) mass is 526 g/mol. The number of aromatic nitrogens is 4. The molecule has 2 atom stereocenters. The molecule has 2 aliphatic heterocycles. The van der Waals surface area contributed by atoms with E-state index in [2.05, 4.69) is 57.2 Å². The zero-order valence-electron chi connectivity index (χ0n) is 22.4. The fourth-order valence-corrected chi connectivity index (χ4v) is 5.96. The molecule has 0 saturated carbocycles. The first-order chi connectivity index (χ1) is 18.9. The topological polar surface area (TPSA) is 122 Å². The zero-order chi connectivity index (χ0) is 27.1. The normalized spacial score (nSPS) is 20.9. The van der Waals surface area contributed by atoms with Crippen LogP contribution in [0.3, 0.4) is 0 Å². The van der Waals surface area contributed by atoms with Gasteiger partial charge in [-0.05, 0) is 75.5 Å². The summed E-state index contributed by atoms with van der Waals surface area (Å²) in [6, 6.07) is 8.20. The van der Waals surface area contributed by atoms with Gasteiger partial charge in [-0.25, -0.2) is 4.98 Å². The van der Waals surface area contributed by atoms with E-state index < -0.39 is 11.8 Å². The van der Waals surface area contributed by atoms with Gasteiger partial charge < -0.3 is 20.9 Å². The van der Waals surface area contributed by atoms with Gasteiger partial charge in [-0.15, -0.1) is 0 Å². The number of nitrogen functional groups attached to an aromatic ring is 1. The van der Waals surface area contributed by atoms with Gasteiger partial charge in [0.1, 0.15) is 5.82 Å². The van der Waals surface area contributed by atoms with Crippen LogP contribution in [0.5, 0.6) is 0 Å². The molecule has 6 rings (SSSR count). The maximum atomic E-state index is 13.6. The molecule has 4 aromatic rings. The number of hydrogen-bond acceptors (Lipinski definition) is 7. The standard InChI is InChI=1S/C29H34N8O2/c1-18-3-6-26(19-4-5-24-20(13-19)17-37(34-24)21-8-11-35(2)12-9-21)36(16-18)29(39)28(38)33-25-15-31-14-23-22(25)7-10-32-27(23)30/h4-5,7,10,13-15,17-18,21,26H,3,6,8-9,11-12,16H2,1-2H3,(H2,30,32)(H,33,38)/t18-,26+/m0/s1. The van der Waals surface area contributed by atoms with Gasteiger partial charge in [0.25, 0.3) is 0 Å². The van der Waals surface area contributed by atoms with E-state index in [9.17, 15) is 9.59 Å². The van der Waals surface area contributed by atoms with Gasteiger partial charge in [0.05, 0.1) is 29.5 Å². The number of pyridine rings is 2. The summed E-state index contributed by atoms with van der Waals surface area (Å²) in [6.07, 6.45) is 10.8. The van der Waals surface area contributed by atoms with Crippen LogP contribution >= 0.6 is 0 Å². The van der Waals surface area contributed by atoms with E-state index in [1.165, 1.54) is 6.20 Å². The number of anilines is 2.